The number of hydrogen-bond donors (Lipinski definition) is 2. The van der Waals surface area contributed by atoms with E-state index >= 15 is 0 Å². The van der Waals surface area contributed by atoms with Gasteiger partial charge in [-0.3, -0.25) is 9.59 Å². The van der Waals surface area contributed by atoms with E-state index in [2.05, 4.69) is 5.32 Å². The van der Waals surface area contributed by atoms with Gasteiger partial charge in [0.15, 0.2) is 11.6 Å². The molecule has 0 heterocycles. The van der Waals surface area contributed by atoms with Crippen molar-refractivity contribution >= 4 is 17.5 Å². The first kappa shape index (κ1) is 19.4. The molecule has 26 heavy (non-hydrogen) atoms. The Balaban J connectivity index is 1.74. The second-order valence-corrected chi connectivity index (χ2v) is 5.71. The van der Waals surface area contributed by atoms with Gasteiger partial charge in [-0.2, -0.15) is 0 Å². The number of aryl methyl sites for hydroxylation is 1. The zero-order valence-electron chi connectivity index (χ0n) is 14.6. The summed E-state index contributed by atoms with van der Waals surface area (Å²) in [6.07, 6.45) is 0.487. The van der Waals surface area contributed by atoms with E-state index in [1.54, 1.807) is 0 Å². The molecule has 0 aliphatic rings. The Kier molecular flexibility index (Phi) is 6.66. The summed E-state index contributed by atoms with van der Waals surface area (Å²) in [5.41, 5.74) is 1.79. The molecule has 0 atom stereocenters. The van der Waals surface area contributed by atoms with E-state index in [1.807, 2.05) is 37.4 Å². The fraction of sp³-hybridized carbons (Fsp3) is 0.263. The van der Waals surface area contributed by atoms with Crippen molar-refractivity contribution < 1.29 is 23.1 Å². The lowest BCUT2D eigenvalue weighted by molar-refractivity contribution is -0.136. The van der Waals surface area contributed by atoms with Gasteiger partial charge in [-0.05, 0) is 49.6 Å². The lowest BCUT2D eigenvalue weighted by Gasteiger charge is -2.11. The highest BCUT2D eigenvalue weighted by Gasteiger charge is 2.16. The number of halogens is 2. The SMILES string of the molecule is Cc1cccc(OCCCNC(=O)C(=O)Nc2cccc(F)c2F)c1C. The predicted octanol–water partition coefficient (Wildman–Crippen LogP) is 3.11. The molecule has 2 aromatic carbocycles. The van der Waals surface area contributed by atoms with Crippen molar-refractivity contribution in [3.8, 4) is 5.75 Å². The van der Waals surface area contributed by atoms with Crippen molar-refractivity contribution in [3.63, 3.8) is 0 Å². The third kappa shape index (κ3) is 5.02. The van der Waals surface area contributed by atoms with Crippen LogP contribution in [-0.4, -0.2) is 25.0 Å². The molecule has 0 aromatic heterocycles. The Morgan fingerprint density at radius 3 is 2.54 bits per heavy atom. The minimum Gasteiger partial charge on any atom is -0.493 e. The van der Waals surface area contributed by atoms with Gasteiger partial charge in [0.1, 0.15) is 5.75 Å². The molecule has 2 rings (SSSR count). The first-order chi connectivity index (χ1) is 12.4. The quantitative estimate of drug-likeness (QED) is 0.613. The molecule has 0 saturated heterocycles. The molecule has 0 bridgehead atoms. The van der Waals surface area contributed by atoms with Crippen molar-refractivity contribution in [2.75, 3.05) is 18.5 Å². The first-order valence-electron chi connectivity index (χ1n) is 8.12. The molecule has 0 unspecified atom stereocenters. The summed E-state index contributed by atoms with van der Waals surface area (Å²) >= 11 is 0. The second-order valence-electron chi connectivity index (χ2n) is 5.71. The fourth-order valence-corrected chi connectivity index (χ4v) is 2.20. The van der Waals surface area contributed by atoms with Gasteiger partial charge in [0.25, 0.3) is 0 Å². The summed E-state index contributed by atoms with van der Waals surface area (Å²) in [7, 11) is 0. The van der Waals surface area contributed by atoms with Gasteiger partial charge < -0.3 is 15.4 Å². The van der Waals surface area contributed by atoms with Crippen LogP contribution in [0.4, 0.5) is 14.5 Å². The topological polar surface area (TPSA) is 67.4 Å². The number of anilines is 1. The summed E-state index contributed by atoms with van der Waals surface area (Å²) in [5.74, 6) is -3.54. The fourth-order valence-electron chi connectivity index (χ4n) is 2.20. The smallest absolute Gasteiger partial charge is 0.313 e. The van der Waals surface area contributed by atoms with E-state index in [9.17, 15) is 18.4 Å². The van der Waals surface area contributed by atoms with Crippen molar-refractivity contribution in [2.24, 2.45) is 0 Å². The molecule has 5 nitrogen and oxygen atoms in total. The van der Waals surface area contributed by atoms with Gasteiger partial charge in [-0.15, -0.1) is 0 Å². The van der Waals surface area contributed by atoms with Gasteiger partial charge in [0.2, 0.25) is 0 Å². The Morgan fingerprint density at radius 2 is 1.77 bits per heavy atom. The third-order valence-corrected chi connectivity index (χ3v) is 3.83. The highest BCUT2D eigenvalue weighted by molar-refractivity contribution is 6.39. The Hall–Kier alpha value is -2.96. The molecular weight excluding hydrogens is 342 g/mol. The maximum atomic E-state index is 13.5. The maximum Gasteiger partial charge on any atom is 0.313 e. The summed E-state index contributed by atoms with van der Waals surface area (Å²) in [5, 5.41) is 4.44. The molecule has 2 amide bonds. The maximum absolute atomic E-state index is 13.5. The van der Waals surface area contributed by atoms with E-state index in [-0.39, 0.29) is 12.2 Å². The average molecular weight is 362 g/mol. The van der Waals surface area contributed by atoms with E-state index in [0.29, 0.717) is 13.0 Å². The number of rotatable bonds is 6. The van der Waals surface area contributed by atoms with Crippen LogP contribution in [0.2, 0.25) is 0 Å². The monoisotopic (exact) mass is 362 g/mol. The van der Waals surface area contributed by atoms with Crippen LogP contribution in [0.3, 0.4) is 0 Å². The molecule has 0 fully saturated rings. The minimum atomic E-state index is -1.21. The van der Waals surface area contributed by atoms with E-state index < -0.39 is 23.4 Å². The minimum absolute atomic E-state index is 0.211. The zero-order chi connectivity index (χ0) is 19.1. The largest absolute Gasteiger partial charge is 0.493 e. The molecule has 138 valence electrons. The lowest BCUT2D eigenvalue weighted by atomic mass is 10.1. The van der Waals surface area contributed by atoms with Crippen LogP contribution in [0.25, 0.3) is 0 Å². The number of carbonyl (C=O) groups excluding carboxylic acids is 2. The van der Waals surface area contributed by atoms with Gasteiger partial charge in [-0.25, -0.2) is 8.78 Å². The summed E-state index contributed by atoms with van der Waals surface area (Å²) in [6.45, 7) is 4.53. The Labute approximate surface area is 150 Å². The molecule has 0 spiro atoms. The van der Waals surface area contributed by atoms with Crippen LogP contribution in [0.5, 0.6) is 5.75 Å². The molecular formula is C19H20F2N2O3. The Morgan fingerprint density at radius 1 is 1.04 bits per heavy atom. The molecule has 0 aliphatic carbocycles. The molecule has 0 radical (unpaired) electrons. The van der Waals surface area contributed by atoms with Crippen molar-refractivity contribution in [1.82, 2.24) is 5.32 Å². The lowest BCUT2D eigenvalue weighted by Crippen LogP contribution is -2.36. The highest BCUT2D eigenvalue weighted by Crippen LogP contribution is 2.20. The zero-order valence-corrected chi connectivity index (χ0v) is 14.6. The number of carbonyl (C=O) groups is 2. The summed E-state index contributed by atoms with van der Waals surface area (Å²) in [6, 6.07) is 9.07. The van der Waals surface area contributed by atoms with Crippen LogP contribution in [0, 0.1) is 25.5 Å². The summed E-state index contributed by atoms with van der Waals surface area (Å²) in [4.78, 5) is 23.4. The molecule has 0 aliphatic heterocycles. The molecule has 2 aromatic rings. The number of benzene rings is 2. The van der Waals surface area contributed by atoms with E-state index in [1.165, 1.54) is 12.1 Å². The van der Waals surface area contributed by atoms with Gasteiger partial charge in [-0.1, -0.05) is 18.2 Å². The van der Waals surface area contributed by atoms with E-state index in [4.69, 9.17) is 4.74 Å². The predicted molar refractivity (Wildman–Crippen MR) is 94.0 cm³/mol. The van der Waals surface area contributed by atoms with Crippen LogP contribution in [-0.2, 0) is 9.59 Å². The number of ether oxygens (including phenoxy) is 1. The first-order valence-corrected chi connectivity index (χ1v) is 8.12. The van der Waals surface area contributed by atoms with Crippen LogP contribution in [0.15, 0.2) is 36.4 Å². The highest BCUT2D eigenvalue weighted by atomic mass is 19.2. The van der Waals surface area contributed by atoms with E-state index in [0.717, 1.165) is 22.9 Å². The summed E-state index contributed by atoms with van der Waals surface area (Å²) < 4.78 is 32.2. The van der Waals surface area contributed by atoms with Crippen LogP contribution in [0.1, 0.15) is 17.5 Å². The average Bonchev–Trinajstić information content (AvgIpc) is 2.61. The normalized spacial score (nSPS) is 10.3. The van der Waals surface area contributed by atoms with Gasteiger partial charge in [0, 0.05) is 6.54 Å². The molecule has 7 heteroatoms. The third-order valence-electron chi connectivity index (χ3n) is 3.83. The van der Waals surface area contributed by atoms with Gasteiger partial charge >= 0.3 is 11.8 Å². The number of nitrogens with one attached hydrogen (secondary N) is 2. The van der Waals surface area contributed by atoms with Crippen LogP contribution < -0.4 is 15.4 Å². The van der Waals surface area contributed by atoms with Crippen molar-refractivity contribution in [2.45, 2.75) is 20.3 Å². The van der Waals surface area contributed by atoms with Gasteiger partial charge in [0.05, 0.1) is 12.3 Å². The molecule has 2 N–H and O–H groups in total. The van der Waals surface area contributed by atoms with Crippen molar-refractivity contribution in [1.29, 1.82) is 0 Å². The molecule has 0 saturated carbocycles. The standard InChI is InChI=1S/C19H20F2N2O3/c1-12-6-3-9-16(13(12)2)26-11-5-10-22-18(24)19(25)23-15-8-4-7-14(20)17(15)21/h3-4,6-9H,5,10-11H2,1-2H3,(H,22,24)(H,23,25). The number of amides is 2. The Bertz CT molecular complexity index is 809. The number of hydrogen-bond acceptors (Lipinski definition) is 3. The van der Waals surface area contributed by atoms with Crippen molar-refractivity contribution in [3.05, 3.63) is 59.2 Å². The van der Waals surface area contributed by atoms with Crippen LogP contribution >= 0.6 is 0 Å². The second kappa shape index (κ2) is 8.94.